The molecule has 0 unspecified atom stereocenters. The Labute approximate surface area is 89.5 Å². The summed E-state index contributed by atoms with van der Waals surface area (Å²) in [5.41, 5.74) is 6.53. The predicted octanol–water partition coefficient (Wildman–Crippen LogP) is 0.762. The summed E-state index contributed by atoms with van der Waals surface area (Å²) in [6, 6.07) is 3.77. The Balaban J connectivity index is 2.58. The van der Waals surface area contributed by atoms with E-state index in [4.69, 9.17) is 10.5 Å². The van der Waals surface area contributed by atoms with Gasteiger partial charge in [0.05, 0.1) is 12.5 Å². The number of aromatic nitrogens is 1. The molecule has 0 amide bonds. The number of rotatable bonds is 5. The largest absolute Gasteiger partial charge is 0.466 e. The second-order valence-corrected chi connectivity index (χ2v) is 3.25. The molecule has 1 atom stereocenters. The number of ether oxygens (including phenoxy) is 1. The van der Waals surface area contributed by atoms with E-state index in [9.17, 15) is 4.79 Å². The Kier molecular flexibility index (Phi) is 4.77. The van der Waals surface area contributed by atoms with E-state index < -0.39 is 0 Å². The predicted molar refractivity (Wildman–Crippen MR) is 57.1 cm³/mol. The van der Waals surface area contributed by atoms with Crippen LogP contribution in [-0.4, -0.2) is 24.1 Å². The lowest BCUT2D eigenvalue weighted by Gasteiger charge is -2.12. The van der Waals surface area contributed by atoms with Crippen molar-refractivity contribution in [2.75, 3.05) is 13.2 Å². The van der Waals surface area contributed by atoms with Crippen molar-refractivity contribution in [2.24, 2.45) is 11.7 Å². The van der Waals surface area contributed by atoms with E-state index in [1.54, 1.807) is 19.3 Å². The van der Waals surface area contributed by atoms with E-state index in [2.05, 4.69) is 4.98 Å². The van der Waals surface area contributed by atoms with Gasteiger partial charge in [-0.05, 0) is 25.0 Å². The van der Waals surface area contributed by atoms with Crippen LogP contribution in [0.1, 0.15) is 12.5 Å². The van der Waals surface area contributed by atoms with Gasteiger partial charge in [-0.3, -0.25) is 9.78 Å². The summed E-state index contributed by atoms with van der Waals surface area (Å²) in [5.74, 6) is -0.502. The van der Waals surface area contributed by atoms with Gasteiger partial charge in [0.15, 0.2) is 0 Å². The molecule has 15 heavy (non-hydrogen) atoms. The third-order valence-electron chi connectivity index (χ3n) is 2.11. The monoisotopic (exact) mass is 208 g/mol. The maximum absolute atomic E-state index is 11.5. The Morgan fingerprint density at radius 2 is 2.47 bits per heavy atom. The fourth-order valence-electron chi connectivity index (χ4n) is 1.33. The van der Waals surface area contributed by atoms with Gasteiger partial charge in [0, 0.05) is 18.9 Å². The Morgan fingerprint density at radius 3 is 3.00 bits per heavy atom. The number of pyridine rings is 1. The molecule has 4 heteroatoms. The first-order chi connectivity index (χ1) is 7.27. The third kappa shape index (κ3) is 3.67. The molecule has 2 N–H and O–H groups in total. The molecule has 1 heterocycles. The number of nitrogens with two attached hydrogens (primary N) is 1. The number of esters is 1. The highest BCUT2D eigenvalue weighted by Crippen LogP contribution is 2.08. The van der Waals surface area contributed by atoms with Crippen molar-refractivity contribution < 1.29 is 9.53 Å². The number of hydrogen-bond donors (Lipinski definition) is 1. The van der Waals surface area contributed by atoms with E-state index >= 15 is 0 Å². The molecule has 0 radical (unpaired) electrons. The van der Waals surface area contributed by atoms with Crippen LogP contribution in [-0.2, 0) is 16.0 Å². The first-order valence-corrected chi connectivity index (χ1v) is 5.03. The summed E-state index contributed by atoms with van der Waals surface area (Å²) in [4.78, 5) is 15.4. The molecule has 0 fully saturated rings. The average molecular weight is 208 g/mol. The van der Waals surface area contributed by atoms with Gasteiger partial charge in [0.25, 0.3) is 0 Å². The fourth-order valence-corrected chi connectivity index (χ4v) is 1.33. The van der Waals surface area contributed by atoms with Crippen LogP contribution >= 0.6 is 0 Å². The van der Waals surface area contributed by atoms with Crippen LogP contribution < -0.4 is 5.73 Å². The van der Waals surface area contributed by atoms with Crippen molar-refractivity contribution in [3.05, 3.63) is 30.1 Å². The summed E-state index contributed by atoms with van der Waals surface area (Å²) in [5, 5.41) is 0. The third-order valence-corrected chi connectivity index (χ3v) is 2.11. The number of nitrogens with zero attached hydrogens (tertiary/aromatic N) is 1. The lowest BCUT2D eigenvalue weighted by atomic mass is 10.0. The summed E-state index contributed by atoms with van der Waals surface area (Å²) in [6.07, 6.45) is 4.02. The second-order valence-electron chi connectivity index (χ2n) is 3.25. The molecule has 0 aliphatic carbocycles. The molecular weight excluding hydrogens is 192 g/mol. The number of carbonyl (C=O) groups is 1. The zero-order valence-corrected chi connectivity index (χ0v) is 8.85. The van der Waals surface area contributed by atoms with Gasteiger partial charge in [-0.1, -0.05) is 6.07 Å². The molecule has 0 spiro atoms. The molecule has 0 aliphatic rings. The van der Waals surface area contributed by atoms with Gasteiger partial charge in [-0.25, -0.2) is 0 Å². The van der Waals surface area contributed by atoms with E-state index in [1.165, 1.54) is 0 Å². The van der Waals surface area contributed by atoms with Crippen LogP contribution in [0.5, 0.6) is 0 Å². The van der Waals surface area contributed by atoms with E-state index in [0.29, 0.717) is 19.6 Å². The zero-order chi connectivity index (χ0) is 11.1. The maximum Gasteiger partial charge on any atom is 0.310 e. The molecule has 0 bridgehead atoms. The van der Waals surface area contributed by atoms with Gasteiger partial charge >= 0.3 is 5.97 Å². The molecule has 0 saturated heterocycles. The summed E-state index contributed by atoms with van der Waals surface area (Å²) < 4.78 is 4.93. The Bertz CT molecular complexity index is 301. The first kappa shape index (κ1) is 11.7. The van der Waals surface area contributed by atoms with Gasteiger partial charge < -0.3 is 10.5 Å². The minimum absolute atomic E-state index is 0.233. The average Bonchev–Trinajstić information content (AvgIpc) is 2.27. The molecule has 1 aromatic rings. The highest BCUT2D eigenvalue weighted by Gasteiger charge is 2.18. The molecular formula is C11H16N2O2. The van der Waals surface area contributed by atoms with Crippen LogP contribution in [0.4, 0.5) is 0 Å². The molecule has 0 saturated carbocycles. The topological polar surface area (TPSA) is 65.2 Å². The zero-order valence-electron chi connectivity index (χ0n) is 8.85. The normalized spacial score (nSPS) is 12.1. The van der Waals surface area contributed by atoms with Crippen LogP contribution in [0.2, 0.25) is 0 Å². The van der Waals surface area contributed by atoms with Crippen molar-refractivity contribution in [1.29, 1.82) is 0 Å². The van der Waals surface area contributed by atoms with Gasteiger partial charge in [-0.2, -0.15) is 0 Å². The van der Waals surface area contributed by atoms with Gasteiger partial charge in [0.2, 0.25) is 0 Å². The standard InChI is InChI=1S/C11H16N2O2/c1-2-15-11(14)10(7-12)6-9-4-3-5-13-8-9/h3-5,8,10H,2,6-7,12H2,1H3/t10-/m0/s1. The minimum Gasteiger partial charge on any atom is -0.466 e. The molecule has 0 aliphatic heterocycles. The van der Waals surface area contributed by atoms with Gasteiger partial charge in [0.1, 0.15) is 0 Å². The van der Waals surface area contributed by atoms with E-state index in [-0.39, 0.29) is 11.9 Å². The van der Waals surface area contributed by atoms with E-state index in [1.807, 2.05) is 12.1 Å². The van der Waals surface area contributed by atoms with Crippen LogP contribution in [0.15, 0.2) is 24.5 Å². The minimum atomic E-state index is -0.269. The summed E-state index contributed by atoms with van der Waals surface area (Å²) >= 11 is 0. The summed E-state index contributed by atoms with van der Waals surface area (Å²) in [6.45, 7) is 2.48. The number of hydrogen-bond acceptors (Lipinski definition) is 4. The highest BCUT2D eigenvalue weighted by atomic mass is 16.5. The molecule has 4 nitrogen and oxygen atoms in total. The fraction of sp³-hybridized carbons (Fsp3) is 0.455. The quantitative estimate of drug-likeness (QED) is 0.725. The SMILES string of the molecule is CCOC(=O)[C@H](CN)Cc1cccnc1. The van der Waals surface area contributed by atoms with Crippen molar-refractivity contribution in [3.8, 4) is 0 Å². The first-order valence-electron chi connectivity index (χ1n) is 5.03. The van der Waals surface area contributed by atoms with Crippen molar-refractivity contribution in [3.63, 3.8) is 0 Å². The van der Waals surface area contributed by atoms with E-state index in [0.717, 1.165) is 5.56 Å². The van der Waals surface area contributed by atoms with Crippen molar-refractivity contribution in [1.82, 2.24) is 4.98 Å². The molecule has 1 rings (SSSR count). The molecule has 82 valence electrons. The smallest absolute Gasteiger partial charge is 0.310 e. The Morgan fingerprint density at radius 1 is 1.67 bits per heavy atom. The van der Waals surface area contributed by atoms with Gasteiger partial charge in [-0.15, -0.1) is 0 Å². The molecule has 1 aromatic heterocycles. The summed E-state index contributed by atoms with van der Waals surface area (Å²) in [7, 11) is 0. The Hall–Kier alpha value is -1.42. The van der Waals surface area contributed by atoms with Crippen molar-refractivity contribution in [2.45, 2.75) is 13.3 Å². The maximum atomic E-state index is 11.5. The highest BCUT2D eigenvalue weighted by molar-refractivity contribution is 5.73. The lowest BCUT2D eigenvalue weighted by molar-refractivity contribution is -0.147. The van der Waals surface area contributed by atoms with Crippen LogP contribution in [0, 0.1) is 5.92 Å². The van der Waals surface area contributed by atoms with Crippen molar-refractivity contribution >= 4 is 5.97 Å². The second kappa shape index (κ2) is 6.14. The van der Waals surface area contributed by atoms with Crippen LogP contribution in [0.3, 0.4) is 0 Å². The lowest BCUT2D eigenvalue weighted by Crippen LogP contribution is -2.27. The molecule has 0 aromatic carbocycles. The number of carbonyl (C=O) groups excluding carboxylic acids is 1. The van der Waals surface area contributed by atoms with Crippen LogP contribution in [0.25, 0.3) is 0 Å².